The SMILES string of the molecule is Cl.N#Cc1c(N2CC3CCOC3(CN)C2)c(F)cc2c(=O)c(OC(=O)O)cn(C3CC3)c12. The summed E-state index contributed by atoms with van der Waals surface area (Å²) in [5.41, 5.74) is 5.12. The molecule has 0 amide bonds. The number of rotatable bonds is 4. The number of ether oxygens (including phenoxy) is 2. The normalized spacial score (nSPS) is 24.2. The quantitative estimate of drug-likeness (QED) is 0.659. The molecule has 0 bridgehead atoms. The number of anilines is 1. The van der Waals surface area contributed by atoms with Gasteiger partial charge >= 0.3 is 6.16 Å². The van der Waals surface area contributed by atoms with E-state index in [1.165, 1.54) is 6.20 Å². The van der Waals surface area contributed by atoms with Gasteiger partial charge in [-0.15, -0.1) is 12.4 Å². The number of aromatic nitrogens is 1. The van der Waals surface area contributed by atoms with Crippen molar-refractivity contribution in [1.82, 2.24) is 4.57 Å². The van der Waals surface area contributed by atoms with Crippen molar-refractivity contribution in [1.29, 1.82) is 5.26 Å². The summed E-state index contributed by atoms with van der Waals surface area (Å²) in [4.78, 5) is 25.6. The third kappa shape index (κ3) is 3.28. The first-order chi connectivity index (χ1) is 14.9. The lowest BCUT2D eigenvalue weighted by atomic mass is 9.91. The van der Waals surface area contributed by atoms with Gasteiger partial charge in [-0.2, -0.15) is 5.26 Å². The second-order valence-corrected chi connectivity index (χ2v) is 8.40. The third-order valence-electron chi connectivity index (χ3n) is 6.62. The van der Waals surface area contributed by atoms with Crippen LogP contribution in [0.25, 0.3) is 10.9 Å². The molecule has 2 aliphatic heterocycles. The maximum absolute atomic E-state index is 15.4. The lowest BCUT2D eigenvalue weighted by molar-refractivity contribution is 0.0126. The Kier molecular flexibility index (Phi) is 5.53. The van der Waals surface area contributed by atoms with Crippen LogP contribution in [0.5, 0.6) is 5.75 Å². The van der Waals surface area contributed by atoms with Gasteiger partial charge in [-0.1, -0.05) is 0 Å². The van der Waals surface area contributed by atoms with Crippen molar-refractivity contribution in [2.45, 2.75) is 30.9 Å². The molecule has 1 saturated carbocycles. The summed E-state index contributed by atoms with van der Waals surface area (Å²) in [6, 6.07) is 3.15. The van der Waals surface area contributed by atoms with E-state index in [0.29, 0.717) is 31.8 Å². The Balaban J connectivity index is 0.00000245. The number of halogens is 2. The number of nitriles is 1. The first kappa shape index (κ1) is 22.3. The first-order valence-electron chi connectivity index (χ1n) is 10.2. The topological polar surface area (TPSA) is 131 Å². The fourth-order valence-electron chi connectivity index (χ4n) is 5.01. The predicted octanol–water partition coefficient (Wildman–Crippen LogP) is 2.38. The molecule has 3 heterocycles. The summed E-state index contributed by atoms with van der Waals surface area (Å²) in [5, 5.41) is 18.9. The zero-order chi connectivity index (χ0) is 21.9. The highest BCUT2D eigenvalue weighted by molar-refractivity contribution is 5.92. The number of carboxylic acid groups (broad SMARTS) is 1. The molecule has 9 nitrogen and oxygen atoms in total. The van der Waals surface area contributed by atoms with Crippen LogP contribution in [0.15, 0.2) is 17.1 Å². The van der Waals surface area contributed by atoms with Crippen molar-refractivity contribution in [3.63, 3.8) is 0 Å². The maximum Gasteiger partial charge on any atom is 0.511 e. The van der Waals surface area contributed by atoms with Gasteiger partial charge in [0.1, 0.15) is 23.1 Å². The monoisotopic (exact) mass is 464 g/mol. The van der Waals surface area contributed by atoms with Crippen molar-refractivity contribution >= 4 is 35.2 Å². The summed E-state index contributed by atoms with van der Waals surface area (Å²) >= 11 is 0. The van der Waals surface area contributed by atoms with Crippen LogP contribution < -0.4 is 20.8 Å². The number of benzene rings is 1. The minimum absolute atomic E-state index is 0. The van der Waals surface area contributed by atoms with Crippen LogP contribution in [0.1, 0.15) is 30.9 Å². The third-order valence-corrected chi connectivity index (χ3v) is 6.62. The van der Waals surface area contributed by atoms with Gasteiger partial charge in [-0.25, -0.2) is 9.18 Å². The number of nitrogens with zero attached hydrogens (tertiary/aromatic N) is 3. The summed E-state index contributed by atoms with van der Waals surface area (Å²) in [7, 11) is 0. The Morgan fingerprint density at radius 2 is 2.19 bits per heavy atom. The minimum atomic E-state index is -1.63. The summed E-state index contributed by atoms with van der Waals surface area (Å²) in [6.45, 7) is 1.77. The van der Waals surface area contributed by atoms with Gasteiger partial charge in [0, 0.05) is 38.2 Å². The van der Waals surface area contributed by atoms with Crippen LogP contribution >= 0.6 is 12.4 Å². The van der Waals surface area contributed by atoms with E-state index < -0.39 is 28.8 Å². The van der Waals surface area contributed by atoms with Crippen LogP contribution in [0, 0.1) is 23.1 Å². The van der Waals surface area contributed by atoms with Gasteiger partial charge in [0.05, 0.1) is 22.8 Å². The zero-order valence-corrected chi connectivity index (χ0v) is 17.9. The fourth-order valence-corrected chi connectivity index (χ4v) is 5.01. The van der Waals surface area contributed by atoms with E-state index in [1.807, 2.05) is 0 Å². The molecule has 2 unspecified atom stereocenters. The molecule has 5 rings (SSSR count). The number of hydrogen-bond donors (Lipinski definition) is 2. The number of hydrogen-bond acceptors (Lipinski definition) is 7. The molecule has 170 valence electrons. The standard InChI is InChI=1S/C21H21FN4O5.ClH/c22-15-5-13-17(26(12-1-2-12)8-16(19(13)27)31-20(28)29)14(6-23)18(15)25-7-11-3-4-30-21(11,9-24)10-25;/h5,8,11-12H,1-4,7,9-10,24H2,(H,28,29);1H. The van der Waals surface area contributed by atoms with Gasteiger partial charge in [-0.05, 0) is 25.3 Å². The zero-order valence-electron chi connectivity index (χ0n) is 17.0. The molecule has 0 spiro atoms. The second kappa shape index (κ2) is 7.92. The minimum Gasteiger partial charge on any atom is -0.449 e. The van der Waals surface area contributed by atoms with Crippen LogP contribution in [0.3, 0.4) is 0 Å². The lowest BCUT2D eigenvalue weighted by Gasteiger charge is -2.27. The number of nitrogens with two attached hydrogens (primary N) is 1. The van der Waals surface area contributed by atoms with Gasteiger partial charge in [0.2, 0.25) is 5.43 Å². The molecule has 2 atom stereocenters. The van der Waals surface area contributed by atoms with E-state index in [9.17, 15) is 14.9 Å². The highest BCUT2D eigenvalue weighted by Gasteiger charge is 2.51. The Morgan fingerprint density at radius 1 is 1.44 bits per heavy atom. The average molecular weight is 465 g/mol. The Labute approximate surface area is 188 Å². The Bertz CT molecular complexity index is 1210. The van der Waals surface area contributed by atoms with Crippen LogP contribution in [0.4, 0.5) is 14.9 Å². The Morgan fingerprint density at radius 3 is 2.78 bits per heavy atom. The summed E-state index contributed by atoms with van der Waals surface area (Å²) in [6.07, 6.45) is 2.10. The maximum atomic E-state index is 15.4. The molecule has 11 heteroatoms. The van der Waals surface area contributed by atoms with Crippen LogP contribution in [0.2, 0.25) is 0 Å². The van der Waals surface area contributed by atoms with E-state index in [4.69, 9.17) is 15.6 Å². The molecular weight excluding hydrogens is 443 g/mol. The fraction of sp³-hybridized carbons (Fsp3) is 0.476. The molecule has 1 aromatic heterocycles. The largest absolute Gasteiger partial charge is 0.511 e. The molecule has 3 aliphatic rings. The molecule has 3 N–H and O–H groups in total. The Hall–Kier alpha value is -2.87. The highest BCUT2D eigenvalue weighted by Crippen LogP contribution is 2.44. The van der Waals surface area contributed by atoms with Crippen molar-refractivity contribution in [3.8, 4) is 11.8 Å². The highest BCUT2D eigenvalue weighted by atomic mass is 35.5. The van der Waals surface area contributed by atoms with Gasteiger partial charge in [0.15, 0.2) is 5.75 Å². The molecule has 1 aliphatic carbocycles. The van der Waals surface area contributed by atoms with E-state index >= 15 is 4.39 Å². The van der Waals surface area contributed by atoms with Crippen molar-refractivity contribution in [3.05, 3.63) is 33.9 Å². The number of fused-ring (bicyclic) bond motifs is 2. The second-order valence-electron chi connectivity index (χ2n) is 8.40. The molecule has 0 radical (unpaired) electrons. The van der Waals surface area contributed by atoms with Crippen molar-refractivity contribution in [2.75, 3.05) is 31.1 Å². The summed E-state index contributed by atoms with van der Waals surface area (Å²) in [5.74, 6) is -0.992. The number of carbonyl (C=O) groups is 1. The molecule has 2 saturated heterocycles. The lowest BCUT2D eigenvalue weighted by Crippen LogP contribution is -2.44. The molecule has 32 heavy (non-hydrogen) atoms. The van der Waals surface area contributed by atoms with Crippen molar-refractivity contribution < 1.29 is 23.8 Å². The summed E-state index contributed by atoms with van der Waals surface area (Å²) < 4.78 is 27.6. The van der Waals surface area contributed by atoms with E-state index in [0.717, 1.165) is 25.3 Å². The van der Waals surface area contributed by atoms with E-state index in [-0.39, 0.29) is 41.0 Å². The van der Waals surface area contributed by atoms with Crippen molar-refractivity contribution in [2.24, 2.45) is 11.7 Å². The molecule has 2 aromatic rings. The van der Waals surface area contributed by atoms with E-state index in [1.54, 1.807) is 9.47 Å². The predicted molar refractivity (Wildman–Crippen MR) is 115 cm³/mol. The van der Waals surface area contributed by atoms with Gasteiger partial charge < -0.3 is 29.8 Å². The molecule has 1 aromatic carbocycles. The average Bonchev–Trinajstić information content (AvgIpc) is 3.40. The van der Waals surface area contributed by atoms with Crippen LogP contribution in [-0.2, 0) is 4.74 Å². The van der Waals surface area contributed by atoms with Gasteiger partial charge in [-0.3, -0.25) is 4.79 Å². The molecular formula is C21H22ClFN4O5. The first-order valence-corrected chi connectivity index (χ1v) is 10.2. The van der Waals surface area contributed by atoms with Gasteiger partial charge in [0.25, 0.3) is 0 Å². The van der Waals surface area contributed by atoms with E-state index in [2.05, 4.69) is 10.8 Å². The molecule has 3 fully saturated rings. The smallest absolute Gasteiger partial charge is 0.449 e. The number of pyridine rings is 1. The van der Waals surface area contributed by atoms with Crippen LogP contribution in [-0.4, -0.2) is 47.7 Å².